The molecule has 1 atom stereocenters. The highest BCUT2D eigenvalue weighted by molar-refractivity contribution is 6.14. The van der Waals surface area contributed by atoms with Crippen LogP contribution in [0.1, 0.15) is 49.1 Å². The number of ketones is 1. The van der Waals surface area contributed by atoms with Gasteiger partial charge in [-0.05, 0) is 47.8 Å². The summed E-state index contributed by atoms with van der Waals surface area (Å²) in [4.78, 5) is 31.7. The van der Waals surface area contributed by atoms with Crippen LogP contribution in [-0.4, -0.2) is 37.8 Å². The first-order chi connectivity index (χ1) is 16.0. The highest BCUT2D eigenvalue weighted by Gasteiger charge is 2.42. The van der Waals surface area contributed by atoms with E-state index in [9.17, 15) is 14.7 Å². The molecule has 0 bridgehead atoms. The van der Waals surface area contributed by atoms with Crippen LogP contribution in [0.4, 0.5) is 0 Å². The molecule has 7 heteroatoms. The first-order valence-corrected chi connectivity index (χ1v) is 11.0. The zero-order valence-electron chi connectivity index (χ0n) is 18.7. The molecule has 170 valence electrons. The number of carbonyl (C=O) groups excluding carboxylic acids is 2. The maximum atomic E-state index is 13.1. The molecule has 0 saturated carbocycles. The van der Waals surface area contributed by atoms with Crippen LogP contribution in [0.2, 0.25) is 0 Å². The number of rotatable bonds is 9. The van der Waals surface area contributed by atoms with E-state index in [0.717, 1.165) is 11.1 Å². The van der Waals surface area contributed by atoms with Crippen molar-refractivity contribution in [1.82, 2.24) is 14.5 Å². The lowest BCUT2D eigenvalue weighted by Gasteiger charge is -2.27. The van der Waals surface area contributed by atoms with Crippen molar-refractivity contribution in [2.75, 3.05) is 6.54 Å². The van der Waals surface area contributed by atoms with Crippen molar-refractivity contribution >= 4 is 17.8 Å². The van der Waals surface area contributed by atoms with E-state index in [0.29, 0.717) is 31.2 Å². The van der Waals surface area contributed by atoms with Crippen LogP contribution in [0.25, 0.3) is 6.08 Å². The number of allylic oxidation sites excluding steroid dienone is 1. The van der Waals surface area contributed by atoms with Crippen LogP contribution in [0.15, 0.2) is 83.2 Å². The SMILES string of the molecule is CC(C)c1ccc([C@H]2C(C(=O)/C=C/c3ccco3)=C(O)C(=O)N2CCCn2ccnc2)cc1. The van der Waals surface area contributed by atoms with Crippen LogP contribution >= 0.6 is 0 Å². The third-order valence-corrected chi connectivity index (χ3v) is 5.80. The summed E-state index contributed by atoms with van der Waals surface area (Å²) in [5.74, 6) is -0.579. The number of benzene rings is 1. The van der Waals surface area contributed by atoms with E-state index in [4.69, 9.17) is 4.42 Å². The van der Waals surface area contributed by atoms with Gasteiger partial charge in [-0.15, -0.1) is 0 Å². The van der Waals surface area contributed by atoms with Crippen molar-refractivity contribution in [2.24, 2.45) is 0 Å². The Bertz CT molecular complexity index is 1160. The average molecular weight is 446 g/mol. The maximum absolute atomic E-state index is 13.1. The molecule has 33 heavy (non-hydrogen) atoms. The van der Waals surface area contributed by atoms with Gasteiger partial charge in [-0.1, -0.05) is 38.1 Å². The number of aliphatic hydroxyl groups is 1. The van der Waals surface area contributed by atoms with Crippen molar-refractivity contribution in [2.45, 2.75) is 38.8 Å². The van der Waals surface area contributed by atoms with E-state index < -0.39 is 23.5 Å². The van der Waals surface area contributed by atoms with E-state index in [-0.39, 0.29) is 5.57 Å². The summed E-state index contributed by atoms with van der Waals surface area (Å²) < 4.78 is 7.18. The van der Waals surface area contributed by atoms with Gasteiger partial charge in [0.1, 0.15) is 5.76 Å². The number of carbonyl (C=O) groups is 2. The highest BCUT2D eigenvalue weighted by Crippen LogP contribution is 2.38. The molecule has 1 aliphatic heterocycles. The molecule has 1 aliphatic rings. The van der Waals surface area contributed by atoms with Gasteiger partial charge < -0.3 is 19.0 Å². The largest absolute Gasteiger partial charge is 0.503 e. The third kappa shape index (κ3) is 4.82. The Balaban J connectivity index is 1.63. The Kier molecular flexibility index (Phi) is 6.58. The molecular formula is C26H27N3O4. The summed E-state index contributed by atoms with van der Waals surface area (Å²) in [6, 6.07) is 10.7. The molecule has 1 amide bonds. The first-order valence-electron chi connectivity index (χ1n) is 11.0. The van der Waals surface area contributed by atoms with E-state index in [2.05, 4.69) is 18.8 Å². The number of furan rings is 1. The molecule has 0 saturated heterocycles. The summed E-state index contributed by atoms with van der Waals surface area (Å²) in [6.45, 7) is 5.27. The fourth-order valence-corrected chi connectivity index (χ4v) is 4.02. The Labute approximate surface area is 192 Å². The zero-order valence-corrected chi connectivity index (χ0v) is 18.7. The molecule has 4 rings (SSSR count). The molecule has 0 fully saturated rings. The molecule has 3 heterocycles. The van der Waals surface area contributed by atoms with Gasteiger partial charge in [0, 0.05) is 25.5 Å². The number of imidazole rings is 1. The van der Waals surface area contributed by atoms with Crippen molar-refractivity contribution in [3.63, 3.8) is 0 Å². The number of hydrogen-bond acceptors (Lipinski definition) is 5. The number of amides is 1. The quantitative estimate of drug-likeness (QED) is 0.484. The lowest BCUT2D eigenvalue weighted by atomic mass is 9.93. The average Bonchev–Trinajstić information content (AvgIpc) is 3.56. The lowest BCUT2D eigenvalue weighted by molar-refractivity contribution is -0.129. The topological polar surface area (TPSA) is 88.6 Å². The Morgan fingerprint density at radius 1 is 1.21 bits per heavy atom. The smallest absolute Gasteiger partial charge is 0.290 e. The normalized spacial score (nSPS) is 16.5. The van der Waals surface area contributed by atoms with Crippen molar-refractivity contribution in [3.8, 4) is 0 Å². The summed E-state index contributed by atoms with van der Waals surface area (Å²) >= 11 is 0. The molecule has 0 spiro atoms. The Hall–Kier alpha value is -3.87. The van der Waals surface area contributed by atoms with Crippen LogP contribution in [0.3, 0.4) is 0 Å². The second-order valence-corrected chi connectivity index (χ2v) is 8.35. The summed E-state index contributed by atoms with van der Waals surface area (Å²) in [5, 5.41) is 10.7. The minimum Gasteiger partial charge on any atom is -0.503 e. The van der Waals surface area contributed by atoms with Crippen LogP contribution in [0, 0.1) is 0 Å². The van der Waals surface area contributed by atoms with Crippen molar-refractivity contribution < 1.29 is 19.1 Å². The third-order valence-electron chi connectivity index (χ3n) is 5.80. The number of hydrogen-bond donors (Lipinski definition) is 1. The van der Waals surface area contributed by atoms with Gasteiger partial charge in [0.2, 0.25) is 0 Å². The predicted molar refractivity (Wildman–Crippen MR) is 124 cm³/mol. The zero-order chi connectivity index (χ0) is 23.4. The number of nitrogens with zero attached hydrogens (tertiary/aromatic N) is 3. The van der Waals surface area contributed by atoms with Gasteiger partial charge in [0.05, 0.1) is 24.2 Å². The molecule has 1 aromatic carbocycles. The van der Waals surface area contributed by atoms with Crippen LogP contribution < -0.4 is 0 Å². The molecule has 1 N–H and O–H groups in total. The van der Waals surface area contributed by atoms with Crippen molar-refractivity contribution in [1.29, 1.82) is 0 Å². The van der Waals surface area contributed by atoms with Gasteiger partial charge >= 0.3 is 0 Å². The second-order valence-electron chi connectivity index (χ2n) is 8.35. The van der Waals surface area contributed by atoms with E-state index >= 15 is 0 Å². The first kappa shape index (κ1) is 22.3. The molecule has 2 aromatic heterocycles. The molecule has 7 nitrogen and oxygen atoms in total. The van der Waals surface area contributed by atoms with Gasteiger partial charge in [-0.25, -0.2) is 4.98 Å². The molecule has 0 radical (unpaired) electrons. The van der Waals surface area contributed by atoms with E-state index in [1.807, 2.05) is 35.0 Å². The fourth-order valence-electron chi connectivity index (χ4n) is 4.02. The summed E-state index contributed by atoms with van der Waals surface area (Å²) in [7, 11) is 0. The summed E-state index contributed by atoms with van der Waals surface area (Å²) in [6.07, 6.45) is 10.3. The van der Waals surface area contributed by atoms with E-state index in [1.165, 1.54) is 18.4 Å². The standard InChI is InChI=1S/C26H27N3O4/c1-18(2)19-6-8-20(9-7-19)24-23(22(30)11-10-21-5-3-16-33-21)25(31)26(32)29(24)14-4-13-28-15-12-27-17-28/h3,5-12,15-18,24,31H,4,13-14H2,1-2H3/b11-10+/t24-/m0/s1. The molecule has 3 aromatic rings. The van der Waals surface area contributed by atoms with Gasteiger partial charge in [0.25, 0.3) is 5.91 Å². The maximum Gasteiger partial charge on any atom is 0.290 e. The van der Waals surface area contributed by atoms with Crippen molar-refractivity contribution in [3.05, 3.63) is 95.7 Å². The minimum atomic E-state index is -0.657. The van der Waals surface area contributed by atoms with Crippen LogP contribution in [-0.2, 0) is 16.1 Å². The number of aryl methyl sites for hydroxylation is 1. The fraction of sp³-hybridized carbons (Fsp3) is 0.269. The second kappa shape index (κ2) is 9.73. The number of aromatic nitrogens is 2. The number of aliphatic hydroxyl groups excluding tert-OH is 1. The lowest BCUT2D eigenvalue weighted by Crippen LogP contribution is -2.32. The summed E-state index contributed by atoms with van der Waals surface area (Å²) in [5.41, 5.74) is 2.03. The van der Waals surface area contributed by atoms with E-state index in [1.54, 1.807) is 29.6 Å². The highest BCUT2D eigenvalue weighted by atomic mass is 16.3. The van der Waals surface area contributed by atoms with Gasteiger partial charge in [-0.3, -0.25) is 9.59 Å². The Morgan fingerprint density at radius 2 is 2.00 bits per heavy atom. The molecular weight excluding hydrogens is 418 g/mol. The van der Waals surface area contributed by atoms with Gasteiger partial charge in [-0.2, -0.15) is 0 Å². The molecule has 0 aliphatic carbocycles. The minimum absolute atomic E-state index is 0.0859. The Morgan fingerprint density at radius 3 is 2.64 bits per heavy atom. The van der Waals surface area contributed by atoms with Crippen LogP contribution in [0.5, 0.6) is 0 Å². The monoisotopic (exact) mass is 445 g/mol. The predicted octanol–water partition coefficient (Wildman–Crippen LogP) is 4.67. The van der Waals surface area contributed by atoms with Gasteiger partial charge in [0.15, 0.2) is 11.5 Å². The molecule has 0 unspecified atom stereocenters.